The van der Waals surface area contributed by atoms with Crippen LogP contribution in [0.3, 0.4) is 0 Å². The van der Waals surface area contributed by atoms with Gasteiger partial charge < -0.3 is 18.5 Å². The van der Waals surface area contributed by atoms with E-state index < -0.39 is 0 Å². The Labute approximate surface area is 511 Å². The monoisotopic (exact) mass is 1140 g/mol. The van der Waals surface area contributed by atoms with E-state index in [2.05, 4.69) is 281 Å². The van der Waals surface area contributed by atoms with E-state index in [0.717, 1.165) is 159 Å². The van der Waals surface area contributed by atoms with Crippen molar-refractivity contribution in [3.05, 3.63) is 290 Å². The van der Waals surface area contributed by atoms with Crippen molar-refractivity contribution in [2.24, 2.45) is 0 Å². The Kier molecular flexibility index (Phi) is 11.0. The van der Waals surface area contributed by atoms with Gasteiger partial charge in [0.1, 0.15) is 5.58 Å². The van der Waals surface area contributed by atoms with Crippen molar-refractivity contribution >= 4 is 117 Å². The molecule has 0 radical (unpaired) electrons. The second-order valence-corrected chi connectivity index (χ2v) is 24.0. The minimum Gasteiger partial charge on any atom is -0.455 e. The van der Waals surface area contributed by atoms with Crippen molar-refractivity contribution in [3.63, 3.8) is 0 Å². The number of para-hydroxylation sites is 4. The van der Waals surface area contributed by atoms with Gasteiger partial charge in [-0.05, 0) is 141 Å². The summed E-state index contributed by atoms with van der Waals surface area (Å²) in [5.41, 5.74) is 24.7. The SMILES string of the molecule is N#Cc1ccc2c(c1)c1ccccc1n2-c1ccc2c(c1)N(c1c(-c3ccccc3)cccc1-c1ccccc1)c1cc(-c3cccc(-c4ccccc4)c3)cc3c1B2c1cc(-n2c4ccccc4c4cc(C#N)ccc42)c2c(oc4ccccc42)c1S3. The van der Waals surface area contributed by atoms with Gasteiger partial charge in [0.25, 0.3) is 0 Å². The number of aromatic nitrogens is 2. The lowest BCUT2D eigenvalue weighted by atomic mass is 9.34. The molecule has 2 aliphatic heterocycles. The maximum atomic E-state index is 10.3. The summed E-state index contributed by atoms with van der Waals surface area (Å²) < 4.78 is 12.1. The molecule has 0 spiro atoms. The number of nitrogens with zero attached hydrogens (tertiary/aromatic N) is 5. The molecule has 18 rings (SSSR count). The van der Waals surface area contributed by atoms with Crippen LogP contribution in [0.2, 0.25) is 0 Å². The number of rotatable bonds is 7. The van der Waals surface area contributed by atoms with Crippen molar-refractivity contribution in [2.45, 2.75) is 9.79 Å². The largest absolute Gasteiger partial charge is 0.455 e. The Balaban J connectivity index is 0.999. The van der Waals surface area contributed by atoms with E-state index in [1.165, 1.54) is 5.46 Å². The van der Waals surface area contributed by atoms with Gasteiger partial charge in [-0.25, -0.2) is 0 Å². The summed E-state index contributed by atoms with van der Waals surface area (Å²) in [5.74, 6) is 0. The first-order valence-electron chi connectivity index (χ1n) is 29.6. The second kappa shape index (κ2) is 19.5. The Bertz CT molecular complexity index is 5660. The molecule has 16 aromatic rings. The molecular weight excluding hydrogens is 1090 g/mol. The lowest BCUT2D eigenvalue weighted by molar-refractivity contribution is 0.661. The highest BCUT2D eigenvalue weighted by Gasteiger charge is 2.44. The Hall–Kier alpha value is -11.5. The van der Waals surface area contributed by atoms with E-state index in [4.69, 9.17) is 4.42 Å². The quantitative estimate of drug-likeness (QED) is 0.149. The molecule has 0 aliphatic carbocycles. The van der Waals surface area contributed by atoms with E-state index in [1.54, 1.807) is 0 Å². The van der Waals surface area contributed by atoms with Crippen LogP contribution in [0.4, 0.5) is 17.1 Å². The number of furan rings is 1. The second-order valence-electron chi connectivity index (χ2n) is 22.9. The highest BCUT2D eigenvalue weighted by molar-refractivity contribution is 8.00. The van der Waals surface area contributed by atoms with Crippen molar-refractivity contribution in [2.75, 3.05) is 4.90 Å². The lowest BCUT2D eigenvalue weighted by Gasteiger charge is -2.42. The smallest absolute Gasteiger partial charge is 0.249 e. The zero-order chi connectivity index (χ0) is 58.1. The highest BCUT2D eigenvalue weighted by atomic mass is 32.2. The van der Waals surface area contributed by atoms with Gasteiger partial charge in [0.2, 0.25) is 6.71 Å². The van der Waals surface area contributed by atoms with Crippen LogP contribution in [0.1, 0.15) is 11.1 Å². The fraction of sp³-hybridized carbons (Fsp3) is 0. The molecule has 5 heterocycles. The van der Waals surface area contributed by atoms with Gasteiger partial charge in [-0.15, -0.1) is 0 Å². The third-order valence-corrected chi connectivity index (χ3v) is 19.4. The summed E-state index contributed by atoms with van der Waals surface area (Å²) in [5, 5.41) is 26.8. The van der Waals surface area contributed by atoms with Crippen molar-refractivity contribution in [1.29, 1.82) is 10.5 Å². The number of fused-ring (bicyclic) bond motifs is 14. The fourth-order valence-corrected chi connectivity index (χ4v) is 15.7. The van der Waals surface area contributed by atoms with Crippen LogP contribution in [-0.2, 0) is 0 Å². The van der Waals surface area contributed by atoms with Gasteiger partial charge in [-0.2, -0.15) is 10.5 Å². The minimum absolute atomic E-state index is 0.290. The van der Waals surface area contributed by atoms with E-state index >= 15 is 0 Å². The summed E-state index contributed by atoms with van der Waals surface area (Å²) in [6.07, 6.45) is 0. The predicted octanol–water partition coefficient (Wildman–Crippen LogP) is 19.0. The standard InChI is InChI=1S/C80H46BN5OS/c82-47-49-34-38-69-63(40-49)60-26-10-13-31-67(60)84(69)57-36-37-65-71(45-57)86(78-58(52-20-6-2-7-21-52)29-17-30-59(78)53-22-8-3-9-23-53)73-43-56(55-25-16-24-54(42-55)51-18-4-1-5-19-51)44-75-77(73)81(65)66-46-72(76-62-28-12-15-33-74(62)87-79(76)80(66)88-75)85-68-32-14-11-27-61(68)64-41-50(48-83)35-39-70(64)85/h1-46H. The molecule has 0 bridgehead atoms. The molecule has 0 saturated carbocycles. The maximum Gasteiger partial charge on any atom is 0.249 e. The summed E-state index contributed by atoms with van der Waals surface area (Å²) in [7, 11) is 0. The average molecular weight is 1140 g/mol. The first-order valence-corrected chi connectivity index (χ1v) is 30.4. The van der Waals surface area contributed by atoms with Crippen LogP contribution in [0.15, 0.2) is 293 Å². The molecule has 6 nitrogen and oxygen atoms in total. The van der Waals surface area contributed by atoms with E-state index in [9.17, 15) is 10.5 Å². The minimum atomic E-state index is -0.290. The molecular formula is C80H46BN5OS. The average Bonchev–Trinajstić information content (AvgIpc) is 1.06. The Morgan fingerprint density at radius 2 is 0.920 bits per heavy atom. The van der Waals surface area contributed by atoms with Crippen LogP contribution in [0.25, 0.3) is 121 Å². The van der Waals surface area contributed by atoms with E-state index in [0.29, 0.717) is 11.1 Å². The highest BCUT2D eigenvalue weighted by Crippen LogP contribution is 2.53. The van der Waals surface area contributed by atoms with Crippen LogP contribution >= 0.6 is 11.8 Å². The third kappa shape index (κ3) is 7.43. The zero-order valence-corrected chi connectivity index (χ0v) is 48.0. The molecule has 88 heavy (non-hydrogen) atoms. The van der Waals surface area contributed by atoms with E-state index in [-0.39, 0.29) is 6.71 Å². The Morgan fingerprint density at radius 3 is 1.58 bits per heavy atom. The summed E-state index contributed by atoms with van der Waals surface area (Å²) in [6.45, 7) is -0.290. The summed E-state index contributed by atoms with van der Waals surface area (Å²) in [6, 6.07) is 105. The predicted molar refractivity (Wildman–Crippen MR) is 363 cm³/mol. The fourth-order valence-electron chi connectivity index (χ4n) is 14.4. The molecule has 406 valence electrons. The molecule has 8 heteroatoms. The molecule has 3 aromatic heterocycles. The van der Waals surface area contributed by atoms with Crippen molar-refractivity contribution in [3.8, 4) is 68.0 Å². The van der Waals surface area contributed by atoms with Gasteiger partial charge in [0, 0.05) is 60.0 Å². The Morgan fingerprint density at radius 1 is 0.375 bits per heavy atom. The number of hydrogen-bond acceptors (Lipinski definition) is 5. The molecule has 0 N–H and O–H groups in total. The first-order chi connectivity index (χ1) is 43.6. The maximum absolute atomic E-state index is 10.3. The topological polar surface area (TPSA) is 73.8 Å². The number of nitriles is 2. The van der Waals surface area contributed by atoms with Gasteiger partial charge >= 0.3 is 0 Å². The normalized spacial score (nSPS) is 12.4. The molecule has 13 aromatic carbocycles. The summed E-state index contributed by atoms with van der Waals surface area (Å²) >= 11 is 1.81. The molecule has 0 atom stereocenters. The van der Waals surface area contributed by atoms with Gasteiger partial charge in [-0.1, -0.05) is 200 Å². The molecule has 0 unspecified atom stereocenters. The van der Waals surface area contributed by atoms with Gasteiger partial charge in [0.15, 0.2) is 5.58 Å². The number of anilines is 3. The third-order valence-electron chi connectivity index (χ3n) is 18.2. The molecule has 0 amide bonds. The number of hydrogen-bond donors (Lipinski definition) is 0. The zero-order valence-electron chi connectivity index (χ0n) is 47.2. The molecule has 0 saturated heterocycles. The molecule has 0 fully saturated rings. The number of benzene rings is 13. The summed E-state index contributed by atoms with van der Waals surface area (Å²) in [4.78, 5) is 4.83. The van der Waals surface area contributed by atoms with Gasteiger partial charge in [0.05, 0.1) is 67.0 Å². The van der Waals surface area contributed by atoms with Crippen LogP contribution in [-0.4, -0.2) is 15.8 Å². The first kappa shape index (κ1) is 49.8. The van der Waals surface area contributed by atoms with Crippen LogP contribution < -0.4 is 21.3 Å². The van der Waals surface area contributed by atoms with Crippen LogP contribution in [0, 0.1) is 22.7 Å². The van der Waals surface area contributed by atoms with Gasteiger partial charge in [-0.3, -0.25) is 0 Å². The van der Waals surface area contributed by atoms with Crippen molar-refractivity contribution < 1.29 is 4.42 Å². The van der Waals surface area contributed by atoms with E-state index in [1.807, 2.05) is 36.0 Å². The van der Waals surface area contributed by atoms with Crippen molar-refractivity contribution in [1.82, 2.24) is 9.13 Å². The van der Waals surface area contributed by atoms with Crippen LogP contribution in [0.5, 0.6) is 0 Å². The lowest BCUT2D eigenvalue weighted by Crippen LogP contribution is -2.60. The molecule has 2 aliphatic rings.